The van der Waals surface area contributed by atoms with Gasteiger partial charge in [-0.05, 0) is 66.5 Å². The molecule has 0 spiro atoms. The highest BCUT2D eigenvalue weighted by Crippen LogP contribution is 2.43. The predicted octanol–water partition coefficient (Wildman–Crippen LogP) is 6.24. The molecule has 30 heavy (non-hydrogen) atoms. The molecule has 0 aliphatic heterocycles. The summed E-state index contributed by atoms with van der Waals surface area (Å²) in [6.45, 7) is 3.89. The molecule has 1 atom stereocenters. The number of alkyl halides is 3. The summed E-state index contributed by atoms with van der Waals surface area (Å²) in [6, 6.07) is 7.37. The second-order valence-electron chi connectivity index (χ2n) is 8.11. The smallest absolute Gasteiger partial charge is 0.420 e. The van der Waals surface area contributed by atoms with Crippen molar-refractivity contribution in [1.82, 2.24) is 0 Å². The van der Waals surface area contributed by atoms with Crippen molar-refractivity contribution in [3.05, 3.63) is 41.5 Å². The van der Waals surface area contributed by atoms with Gasteiger partial charge >= 0.3 is 6.18 Å². The van der Waals surface area contributed by atoms with Crippen molar-refractivity contribution in [2.45, 2.75) is 64.3 Å². The number of fused-ring (bicyclic) bond motifs is 1. The maximum atomic E-state index is 14.0. The molecule has 8 heteroatoms. The van der Waals surface area contributed by atoms with Gasteiger partial charge in [0.2, 0.25) is 0 Å². The van der Waals surface area contributed by atoms with Crippen molar-refractivity contribution in [2.24, 2.45) is 5.92 Å². The molecule has 1 unspecified atom stereocenters. The highest BCUT2D eigenvalue weighted by molar-refractivity contribution is 7.86. The third kappa shape index (κ3) is 5.46. The topological polar surface area (TPSA) is 52.6 Å². The molecular formula is C22H27F3O4S. The molecule has 1 aliphatic carbocycles. The Morgan fingerprint density at radius 3 is 2.33 bits per heavy atom. The van der Waals surface area contributed by atoms with Gasteiger partial charge in [0.05, 0.1) is 12.4 Å². The number of hydrogen-bond donors (Lipinski definition) is 0. The van der Waals surface area contributed by atoms with Crippen molar-refractivity contribution in [2.75, 3.05) is 6.26 Å². The van der Waals surface area contributed by atoms with E-state index in [4.69, 9.17) is 8.92 Å². The van der Waals surface area contributed by atoms with Crippen LogP contribution < -0.4 is 4.74 Å². The summed E-state index contributed by atoms with van der Waals surface area (Å²) in [6.07, 6.45) is -0.840. The Morgan fingerprint density at radius 2 is 1.77 bits per heavy atom. The van der Waals surface area contributed by atoms with Crippen LogP contribution >= 0.6 is 0 Å². The quantitative estimate of drug-likeness (QED) is 0.495. The van der Waals surface area contributed by atoms with E-state index in [1.165, 1.54) is 18.2 Å². The van der Waals surface area contributed by atoms with Gasteiger partial charge in [-0.15, -0.1) is 0 Å². The van der Waals surface area contributed by atoms with Gasteiger partial charge in [0.1, 0.15) is 17.4 Å². The lowest BCUT2D eigenvalue weighted by molar-refractivity contribution is -0.138. The normalized spacial score (nSPS) is 21.5. The fraction of sp³-hybridized carbons (Fsp3) is 0.545. The molecule has 0 bridgehead atoms. The van der Waals surface area contributed by atoms with Gasteiger partial charge in [-0.2, -0.15) is 21.6 Å². The number of halogens is 3. The van der Waals surface area contributed by atoms with E-state index >= 15 is 0 Å². The molecule has 1 fully saturated rings. The lowest BCUT2D eigenvalue weighted by Crippen LogP contribution is -2.24. The summed E-state index contributed by atoms with van der Waals surface area (Å²) in [4.78, 5) is 0. The average Bonchev–Trinajstić information content (AvgIpc) is 2.65. The molecule has 0 amide bonds. The summed E-state index contributed by atoms with van der Waals surface area (Å²) in [5.41, 5.74) is -0.277. The summed E-state index contributed by atoms with van der Waals surface area (Å²) >= 11 is 0. The zero-order valence-electron chi connectivity index (χ0n) is 17.3. The first-order chi connectivity index (χ1) is 14.0. The highest BCUT2D eigenvalue weighted by atomic mass is 32.2. The third-order valence-corrected chi connectivity index (χ3v) is 6.16. The van der Waals surface area contributed by atoms with Gasteiger partial charge < -0.3 is 4.74 Å². The van der Waals surface area contributed by atoms with Gasteiger partial charge in [-0.1, -0.05) is 32.0 Å². The monoisotopic (exact) mass is 444 g/mol. The molecule has 1 saturated carbocycles. The summed E-state index contributed by atoms with van der Waals surface area (Å²) in [7, 11) is -3.70. The Kier molecular flexibility index (Phi) is 6.67. The molecule has 0 radical (unpaired) electrons. The van der Waals surface area contributed by atoms with Gasteiger partial charge in [0.15, 0.2) is 0 Å². The van der Waals surface area contributed by atoms with Crippen molar-refractivity contribution in [3.8, 4) is 5.75 Å². The minimum Gasteiger partial charge on any atom is -0.490 e. The van der Waals surface area contributed by atoms with Gasteiger partial charge in [0, 0.05) is 0 Å². The van der Waals surface area contributed by atoms with Gasteiger partial charge in [-0.25, -0.2) is 0 Å². The van der Waals surface area contributed by atoms with E-state index in [0.29, 0.717) is 23.3 Å². The number of hydrogen-bond acceptors (Lipinski definition) is 4. The van der Waals surface area contributed by atoms with Crippen molar-refractivity contribution in [1.29, 1.82) is 0 Å². The van der Waals surface area contributed by atoms with Crippen LogP contribution in [0, 0.1) is 5.92 Å². The molecule has 2 aromatic carbocycles. The summed E-state index contributed by atoms with van der Waals surface area (Å²) < 4.78 is 75.7. The molecule has 0 N–H and O–H groups in total. The van der Waals surface area contributed by atoms with E-state index in [9.17, 15) is 21.6 Å². The highest BCUT2D eigenvalue weighted by Gasteiger charge is 2.37. The zero-order chi connectivity index (χ0) is 22.1. The molecule has 4 nitrogen and oxygen atoms in total. The molecule has 166 valence electrons. The lowest BCUT2D eigenvalue weighted by Gasteiger charge is -2.28. The molecule has 2 aromatic rings. The Bertz CT molecular complexity index is 993. The van der Waals surface area contributed by atoms with Gasteiger partial charge in [-0.3, -0.25) is 4.18 Å². The van der Waals surface area contributed by atoms with Crippen molar-refractivity contribution in [3.63, 3.8) is 0 Å². The fourth-order valence-corrected chi connectivity index (χ4v) is 4.69. The van der Waals surface area contributed by atoms with Crippen molar-refractivity contribution >= 4 is 20.9 Å². The SMILES string of the molecule is CCC(OS(C)(=O)=O)c1ccc2c(C(F)(F)F)c(O[C@H]3CC[C@@H](C)CC3)ccc2c1. The van der Waals surface area contributed by atoms with Crippen LogP contribution in [0.15, 0.2) is 30.3 Å². The van der Waals surface area contributed by atoms with E-state index in [-0.39, 0.29) is 17.2 Å². The Balaban J connectivity index is 2.00. The third-order valence-electron chi connectivity index (χ3n) is 5.58. The van der Waals surface area contributed by atoms with Crippen LogP contribution in [0.25, 0.3) is 10.8 Å². The Hall–Kier alpha value is -1.80. The van der Waals surface area contributed by atoms with Crippen molar-refractivity contribution < 1.29 is 30.5 Å². The molecule has 0 heterocycles. The molecular weight excluding hydrogens is 417 g/mol. The average molecular weight is 445 g/mol. The zero-order valence-corrected chi connectivity index (χ0v) is 18.1. The standard InChI is InChI=1S/C22H27F3O4S/c1-4-19(29-30(3,26)27)16-7-11-18-15(13-16)8-12-20(21(18)22(23,24)25)28-17-9-5-14(2)6-10-17/h7-8,11-14,17,19H,4-6,9-10H2,1-3H3/t14-,17+,19?. The first-order valence-corrected chi connectivity index (χ1v) is 12.0. The number of benzene rings is 2. The van der Waals surface area contributed by atoms with Crippen LogP contribution in [-0.2, 0) is 20.5 Å². The largest absolute Gasteiger partial charge is 0.490 e. The van der Waals surface area contributed by atoms with E-state index in [2.05, 4.69) is 6.92 Å². The molecule has 0 aromatic heterocycles. The fourth-order valence-electron chi connectivity index (χ4n) is 4.02. The van der Waals surface area contributed by atoms with E-state index < -0.39 is 28.0 Å². The van der Waals surface area contributed by atoms with Gasteiger partial charge in [0.25, 0.3) is 10.1 Å². The molecule has 0 saturated heterocycles. The van der Waals surface area contributed by atoms with E-state index in [0.717, 1.165) is 31.9 Å². The lowest BCUT2D eigenvalue weighted by atomic mass is 9.89. The molecule has 1 aliphatic rings. The number of ether oxygens (including phenoxy) is 1. The first kappa shape index (κ1) is 22.9. The second-order valence-corrected chi connectivity index (χ2v) is 9.71. The van der Waals surface area contributed by atoms with Crippen LogP contribution in [0.3, 0.4) is 0 Å². The van der Waals surface area contributed by atoms with Crippen LogP contribution in [0.2, 0.25) is 0 Å². The van der Waals surface area contributed by atoms with Crippen LogP contribution in [-0.4, -0.2) is 20.8 Å². The second kappa shape index (κ2) is 8.75. The van der Waals surface area contributed by atoms with Crippen LogP contribution in [0.4, 0.5) is 13.2 Å². The maximum absolute atomic E-state index is 14.0. The summed E-state index contributed by atoms with van der Waals surface area (Å²) in [5, 5.41) is 0.391. The maximum Gasteiger partial charge on any atom is 0.420 e. The minimum absolute atomic E-state index is 0.0298. The van der Waals surface area contributed by atoms with E-state index in [1.54, 1.807) is 19.1 Å². The summed E-state index contributed by atoms with van der Waals surface area (Å²) in [5.74, 6) is 0.421. The Labute approximate surface area is 175 Å². The first-order valence-electron chi connectivity index (χ1n) is 10.2. The number of rotatable bonds is 6. The van der Waals surface area contributed by atoms with Crippen LogP contribution in [0.5, 0.6) is 5.75 Å². The minimum atomic E-state index is -4.58. The Morgan fingerprint density at radius 1 is 1.10 bits per heavy atom. The van der Waals surface area contributed by atoms with E-state index in [1.807, 2.05) is 0 Å². The molecule has 3 rings (SSSR count). The predicted molar refractivity (Wildman–Crippen MR) is 110 cm³/mol. The van der Waals surface area contributed by atoms with Crippen LogP contribution in [0.1, 0.15) is 63.2 Å².